The molecule has 0 aliphatic heterocycles. The van der Waals surface area contributed by atoms with Crippen molar-refractivity contribution in [1.29, 1.82) is 0 Å². The quantitative estimate of drug-likeness (QED) is 0.530. The minimum Gasteiger partial charge on any atom is -0.461 e. The second-order valence-corrected chi connectivity index (χ2v) is 4.04. The van der Waals surface area contributed by atoms with E-state index < -0.39 is 0 Å². The fourth-order valence-electron chi connectivity index (χ4n) is 0.991. The molecule has 3 nitrogen and oxygen atoms in total. The molecular weight excluding hydrogens is 166 g/mol. The SMILES string of the molecule is C=CC(=O)OCC(NC)C(C)(C)C. The molecule has 0 bridgehead atoms. The molecular formula is C10H19NO2. The van der Waals surface area contributed by atoms with E-state index in [-0.39, 0.29) is 17.4 Å². The highest BCUT2D eigenvalue weighted by Crippen LogP contribution is 2.18. The van der Waals surface area contributed by atoms with Crippen molar-refractivity contribution in [3.05, 3.63) is 12.7 Å². The minimum absolute atomic E-state index is 0.0796. The molecule has 76 valence electrons. The Bertz CT molecular complexity index is 182. The van der Waals surface area contributed by atoms with Crippen LogP contribution in [0, 0.1) is 5.41 Å². The topological polar surface area (TPSA) is 38.3 Å². The summed E-state index contributed by atoms with van der Waals surface area (Å²) in [5.41, 5.74) is 0.0796. The fourth-order valence-corrected chi connectivity index (χ4v) is 0.991. The molecule has 0 aromatic heterocycles. The van der Waals surface area contributed by atoms with E-state index in [0.717, 1.165) is 0 Å². The average molecular weight is 185 g/mol. The molecule has 0 radical (unpaired) electrons. The van der Waals surface area contributed by atoms with Crippen molar-refractivity contribution in [3.63, 3.8) is 0 Å². The average Bonchev–Trinajstić information content (AvgIpc) is 2.02. The summed E-state index contributed by atoms with van der Waals surface area (Å²) in [6, 6.07) is 0.163. The molecule has 13 heavy (non-hydrogen) atoms. The fraction of sp³-hybridized carbons (Fsp3) is 0.700. The highest BCUT2D eigenvalue weighted by molar-refractivity contribution is 5.81. The maximum atomic E-state index is 10.8. The highest BCUT2D eigenvalue weighted by Gasteiger charge is 2.23. The lowest BCUT2D eigenvalue weighted by molar-refractivity contribution is -0.139. The Morgan fingerprint density at radius 3 is 2.46 bits per heavy atom. The van der Waals surface area contributed by atoms with Gasteiger partial charge in [0.25, 0.3) is 0 Å². The molecule has 0 saturated heterocycles. The van der Waals surface area contributed by atoms with Crippen molar-refractivity contribution in [3.8, 4) is 0 Å². The van der Waals surface area contributed by atoms with Gasteiger partial charge < -0.3 is 10.1 Å². The first kappa shape index (κ1) is 12.2. The van der Waals surface area contributed by atoms with Gasteiger partial charge in [0.1, 0.15) is 6.61 Å². The Morgan fingerprint density at radius 1 is 1.62 bits per heavy atom. The largest absolute Gasteiger partial charge is 0.461 e. The zero-order valence-corrected chi connectivity index (χ0v) is 8.89. The molecule has 0 aromatic rings. The van der Waals surface area contributed by atoms with Crippen LogP contribution in [0.2, 0.25) is 0 Å². The Labute approximate surface area is 80.2 Å². The van der Waals surface area contributed by atoms with Crippen molar-refractivity contribution in [2.75, 3.05) is 13.7 Å². The predicted molar refractivity (Wildman–Crippen MR) is 53.5 cm³/mol. The predicted octanol–water partition coefficient (Wildman–Crippen LogP) is 1.35. The van der Waals surface area contributed by atoms with Gasteiger partial charge in [0.15, 0.2) is 0 Å². The van der Waals surface area contributed by atoms with Crippen LogP contribution in [0.15, 0.2) is 12.7 Å². The smallest absolute Gasteiger partial charge is 0.330 e. The molecule has 0 heterocycles. The molecule has 3 heteroatoms. The van der Waals surface area contributed by atoms with Gasteiger partial charge in [-0.1, -0.05) is 27.4 Å². The van der Waals surface area contributed by atoms with E-state index in [4.69, 9.17) is 4.74 Å². The van der Waals surface area contributed by atoms with Crippen molar-refractivity contribution in [1.82, 2.24) is 5.32 Å². The third-order valence-electron chi connectivity index (χ3n) is 1.95. The van der Waals surface area contributed by atoms with E-state index in [2.05, 4.69) is 32.7 Å². The lowest BCUT2D eigenvalue weighted by Gasteiger charge is -2.29. The first-order valence-corrected chi connectivity index (χ1v) is 4.38. The standard InChI is InChI=1S/C10H19NO2/c1-6-9(12)13-7-8(11-5)10(2,3)4/h6,8,11H,1,7H2,2-5H3. The summed E-state index contributed by atoms with van der Waals surface area (Å²) in [6.07, 6.45) is 1.18. The number of hydrogen-bond acceptors (Lipinski definition) is 3. The van der Waals surface area contributed by atoms with Crippen LogP contribution in [0.3, 0.4) is 0 Å². The van der Waals surface area contributed by atoms with Gasteiger partial charge >= 0.3 is 5.97 Å². The van der Waals surface area contributed by atoms with Crippen molar-refractivity contribution in [2.45, 2.75) is 26.8 Å². The van der Waals surface area contributed by atoms with E-state index in [1.54, 1.807) is 0 Å². The Kier molecular flexibility index (Phi) is 4.70. The molecule has 1 unspecified atom stereocenters. The second-order valence-electron chi connectivity index (χ2n) is 4.04. The van der Waals surface area contributed by atoms with Gasteiger partial charge in [-0.05, 0) is 12.5 Å². The van der Waals surface area contributed by atoms with Gasteiger partial charge in [-0.25, -0.2) is 4.79 Å². The number of esters is 1. The van der Waals surface area contributed by atoms with Crippen LogP contribution in [0.4, 0.5) is 0 Å². The summed E-state index contributed by atoms with van der Waals surface area (Å²) in [7, 11) is 1.86. The molecule has 0 aromatic carbocycles. The number of ether oxygens (including phenoxy) is 1. The maximum Gasteiger partial charge on any atom is 0.330 e. The summed E-state index contributed by atoms with van der Waals surface area (Å²) in [6.45, 7) is 9.99. The molecule has 0 amide bonds. The van der Waals surface area contributed by atoms with Crippen molar-refractivity contribution in [2.24, 2.45) is 5.41 Å². The van der Waals surface area contributed by atoms with Crippen molar-refractivity contribution < 1.29 is 9.53 Å². The molecule has 0 aliphatic carbocycles. The third-order valence-corrected chi connectivity index (χ3v) is 1.95. The minimum atomic E-state index is -0.371. The highest BCUT2D eigenvalue weighted by atomic mass is 16.5. The molecule has 1 atom stereocenters. The summed E-state index contributed by atoms with van der Waals surface area (Å²) >= 11 is 0. The number of likely N-dealkylation sites (N-methyl/N-ethyl adjacent to an activating group) is 1. The van der Waals surface area contributed by atoms with Gasteiger partial charge in [-0.15, -0.1) is 0 Å². The van der Waals surface area contributed by atoms with E-state index in [1.165, 1.54) is 6.08 Å². The van der Waals surface area contributed by atoms with E-state index in [0.29, 0.717) is 6.61 Å². The molecule has 0 spiro atoms. The third kappa shape index (κ3) is 4.68. The van der Waals surface area contributed by atoms with E-state index in [1.807, 2.05) is 7.05 Å². The van der Waals surface area contributed by atoms with Crippen LogP contribution in [0.1, 0.15) is 20.8 Å². The van der Waals surface area contributed by atoms with Crippen molar-refractivity contribution >= 4 is 5.97 Å². The van der Waals surface area contributed by atoms with E-state index in [9.17, 15) is 4.79 Å². The molecule has 0 fully saturated rings. The lowest BCUT2D eigenvalue weighted by Crippen LogP contribution is -2.42. The summed E-state index contributed by atoms with van der Waals surface area (Å²) < 4.78 is 4.95. The summed E-state index contributed by atoms with van der Waals surface area (Å²) in [5, 5.41) is 3.11. The van der Waals surface area contributed by atoms with Crippen LogP contribution in [-0.4, -0.2) is 25.7 Å². The summed E-state index contributed by atoms with van der Waals surface area (Å²) in [4.78, 5) is 10.8. The number of rotatable bonds is 4. The number of nitrogens with one attached hydrogen (secondary N) is 1. The number of carbonyl (C=O) groups excluding carboxylic acids is 1. The van der Waals surface area contributed by atoms with Crippen LogP contribution in [0.25, 0.3) is 0 Å². The number of carbonyl (C=O) groups is 1. The van der Waals surface area contributed by atoms with Gasteiger partial charge in [0.2, 0.25) is 0 Å². The Balaban J connectivity index is 4.00. The molecule has 0 saturated carbocycles. The first-order chi connectivity index (χ1) is 5.91. The van der Waals surface area contributed by atoms with Crippen LogP contribution in [0.5, 0.6) is 0 Å². The molecule has 0 aliphatic rings. The first-order valence-electron chi connectivity index (χ1n) is 4.38. The Hall–Kier alpha value is -0.830. The zero-order chi connectivity index (χ0) is 10.5. The van der Waals surface area contributed by atoms with Crippen LogP contribution < -0.4 is 5.32 Å². The lowest BCUT2D eigenvalue weighted by atomic mass is 9.87. The van der Waals surface area contributed by atoms with Gasteiger partial charge in [0, 0.05) is 12.1 Å². The normalized spacial score (nSPS) is 13.5. The van der Waals surface area contributed by atoms with Gasteiger partial charge in [0.05, 0.1) is 0 Å². The maximum absolute atomic E-state index is 10.8. The second kappa shape index (κ2) is 5.02. The van der Waals surface area contributed by atoms with Gasteiger partial charge in [-0.2, -0.15) is 0 Å². The number of hydrogen-bond donors (Lipinski definition) is 1. The summed E-state index contributed by atoms with van der Waals surface area (Å²) in [5.74, 6) is -0.371. The molecule has 0 rings (SSSR count). The van der Waals surface area contributed by atoms with Crippen LogP contribution in [-0.2, 0) is 9.53 Å². The van der Waals surface area contributed by atoms with Gasteiger partial charge in [-0.3, -0.25) is 0 Å². The molecule has 1 N–H and O–H groups in total. The van der Waals surface area contributed by atoms with E-state index >= 15 is 0 Å². The Morgan fingerprint density at radius 2 is 2.15 bits per heavy atom. The zero-order valence-electron chi connectivity index (χ0n) is 8.89. The monoisotopic (exact) mass is 185 g/mol. The van der Waals surface area contributed by atoms with Crippen LogP contribution >= 0.6 is 0 Å².